The van der Waals surface area contributed by atoms with Crippen LogP contribution in [0.1, 0.15) is 81.1 Å². The summed E-state index contributed by atoms with van der Waals surface area (Å²) in [5.41, 5.74) is -1.28. The third-order valence-electron chi connectivity index (χ3n) is 4.08. The second kappa shape index (κ2) is 13.7. The van der Waals surface area contributed by atoms with Crippen LogP contribution in [0.4, 0.5) is 0 Å². The normalized spacial score (nSPS) is 15.0. The molecule has 8 nitrogen and oxygen atoms in total. The number of methoxy groups -OCH3 is 1. The molecule has 0 aromatic heterocycles. The second-order valence-electron chi connectivity index (χ2n) is 9.40. The first-order valence-corrected chi connectivity index (χ1v) is 11.0. The maximum atomic E-state index is 12.7. The van der Waals surface area contributed by atoms with Crippen LogP contribution in [0, 0.1) is 5.92 Å². The van der Waals surface area contributed by atoms with Crippen molar-refractivity contribution in [2.45, 2.75) is 104 Å². The fourth-order valence-corrected chi connectivity index (χ4v) is 2.86. The molecule has 8 heteroatoms. The molecule has 0 aromatic rings. The lowest BCUT2D eigenvalue weighted by Gasteiger charge is -2.31. The van der Waals surface area contributed by atoms with Crippen molar-refractivity contribution in [2.24, 2.45) is 5.92 Å². The summed E-state index contributed by atoms with van der Waals surface area (Å²) in [6, 6.07) is 0. The molecule has 3 unspecified atom stereocenters. The molecule has 0 heterocycles. The lowest BCUT2D eigenvalue weighted by molar-refractivity contribution is -0.175. The van der Waals surface area contributed by atoms with Crippen molar-refractivity contribution in [2.75, 3.05) is 20.3 Å². The van der Waals surface area contributed by atoms with Gasteiger partial charge in [-0.3, -0.25) is 4.79 Å². The van der Waals surface area contributed by atoms with Crippen LogP contribution in [0.5, 0.6) is 0 Å². The van der Waals surface area contributed by atoms with Gasteiger partial charge < -0.3 is 23.7 Å². The zero-order valence-corrected chi connectivity index (χ0v) is 20.7. The van der Waals surface area contributed by atoms with Gasteiger partial charge in [-0.15, -0.1) is 0 Å². The number of carbonyl (C=O) groups excluding carboxylic acids is 3. The molecular formula is C23H42O8. The molecule has 0 aliphatic carbocycles. The highest BCUT2D eigenvalue weighted by Gasteiger charge is 2.37. The Labute approximate surface area is 187 Å². The van der Waals surface area contributed by atoms with E-state index in [1.165, 1.54) is 7.11 Å². The number of ether oxygens (including phenoxy) is 5. The van der Waals surface area contributed by atoms with E-state index in [-0.39, 0.29) is 26.1 Å². The van der Waals surface area contributed by atoms with E-state index in [1.807, 2.05) is 48.5 Å². The SMILES string of the molecule is CCCCOC(=O)C(CC(CC(OC(C)(C)C)C(=O)OCC)C(=O)OC)OC(C)(C)C. The van der Waals surface area contributed by atoms with E-state index in [0.29, 0.717) is 0 Å². The molecule has 0 bridgehead atoms. The highest BCUT2D eigenvalue weighted by atomic mass is 16.6. The van der Waals surface area contributed by atoms with Gasteiger partial charge in [-0.05, 0) is 67.7 Å². The molecule has 3 atom stereocenters. The topological polar surface area (TPSA) is 97.4 Å². The molecule has 0 spiro atoms. The summed E-state index contributed by atoms with van der Waals surface area (Å²) in [6.45, 7) is 15.0. The Hall–Kier alpha value is -1.67. The van der Waals surface area contributed by atoms with Gasteiger partial charge in [0.25, 0.3) is 0 Å². The van der Waals surface area contributed by atoms with Gasteiger partial charge in [0, 0.05) is 0 Å². The number of rotatable bonds is 13. The zero-order chi connectivity index (χ0) is 24.2. The van der Waals surface area contributed by atoms with Crippen molar-refractivity contribution in [3.8, 4) is 0 Å². The quantitative estimate of drug-likeness (QED) is 0.239. The molecule has 0 amide bonds. The summed E-state index contributed by atoms with van der Waals surface area (Å²) >= 11 is 0. The number of hydrogen-bond donors (Lipinski definition) is 0. The molecule has 0 aromatic carbocycles. The van der Waals surface area contributed by atoms with Crippen LogP contribution in [0.15, 0.2) is 0 Å². The lowest BCUT2D eigenvalue weighted by Crippen LogP contribution is -2.41. The van der Waals surface area contributed by atoms with Crippen molar-refractivity contribution in [1.82, 2.24) is 0 Å². The minimum absolute atomic E-state index is 0.00168. The zero-order valence-electron chi connectivity index (χ0n) is 20.7. The van der Waals surface area contributed by atoms with E-state index in [9.17, 15) is 14.4 Å². The minimum Gasteiger partial charge on any atom is -0.469 e. The van der Waals surface area contributed by atoms with Gasteiger partial charge in [0.15, 0.2) is 12.2 Å². The van der Waals surface area contributed by atoms with Gasteiger partial charge in [-0.2, -0.15) is 0 Å². The van der Waals surface area contributed by atoms with Gasteiger partial charge in [-0.25, -0.2) is 9.59 Å². The number of carbonyl (C=O) groups is 3. The maximum absolute atomic E-state index is 12.7. The summed E-state index contributed by atoms with van der Waals surface area (Å²) < 4.78 is 27.2. The Bertz CT molecular complexity index is 559. The molecule has 182 valence electrons. The van der Waals surface area contributed by atoms with Crippen LogP contribution >= 0.6 is 0 Å². The molecule has 0 saturated heterocycles. The third kappa shape index (κ3) is 13.4. The first-order chi connectivity index (χ1) is 14.2. The Balaban J connectivity index is 5.67. The van der Waals surface area contributed by atoms with Gasteiger partial charge in [0.05, 0.1) is 37.4 Å². The average molecular weight is 447 g/mol. The van der Waals surface area contributed by atoms with Crippen LogP contribution in [-0.4, -0.2) is 61.6 Å². The molecular weight excluding hydrogens is 404 g/mol. The molecule has 0 rings (SSSR count). The van der Waals surface area contributed by atoms with Gasteiger partial charge in [0.2, 0.25) is 0 Å². The monoisotopic (exact) mass is 446 g/mol. The van der Waals surface area contributed by atoms with Crippen molar-refractivity contribution in [1.29, 1.82) is 0 Å². The first-order valence-electron chi connectivity index (χ1n) is 11.0. The number of hydrogen-bond acceptors (Lipinski definition) is 8. The van der Waals surface area contributed by atoms with Crippen LogP contribution in [0.2, 0.25) is 0 Å². The molecule has 0 aliphatic rings. The molecule has 0 fully saturated rings. The standard InChI is InChI=1S/C23H42O8/c1-10-12-13-29-21(26)18(31-23(6,7)8)15-16(19(24)27-9)14-17(20(25)28-11-2)30-22(3,4)5/h16-18H,10-15H2,1-9H3. The van der Waals surface area contributed by atoms with Crippen LogP contribution < -0.4 is 0 Å². The summed E-state index contributed by atoms with van der Waals surface area (Å²) in [5.74, 6) is -2.49. The van der Waals surface area contributed by atoms with E-state index in [0.717, 1.165) is 12.8 Å². The van der Waals surface area contributed by atoms with Crippen molar-refractivity contribution < 1.29 is 38.1 Å². The molecule has 0 N–H and O–H groups in total. The fraction of sp³-hybridized carbons (Fsp3) is 0.870. The number of unbranched alkanes of at least 4 members (excludes halogenated alkanes) is 1. The fourth-order valence-electron chi connectivity index (χ4n) is 2.86. The van der Waals surface area contributed by atoms with Crippen LogP contribution in [0.25, 0.3) is 0 Å². The van der Waals surface area contributed by atoms with Gasteiger partial charge in [-0.1, -0.05) is 13.3 Å². The molecule has 0 saturated carbocycles. The third-order valence-corrected chi connectivity index (χ3v) is 4.08. The molecule has 0 radical (unpaired) electrons. The Morgan fingerprint density at radius 1 is 0.742 bits per heavy atom. The average Bonchev–Trinajstić information content (AvgIpc) is 2.63. The van der Waals surface area contributed by atoms with Crippen LogP contribution in [0.3, 0.4) is 0 Å². The van der Waals surface area contributed by atoms with Crippen molar-refractivity contribution in [3.63, 3.8) is 0 Å². The van der Waals surface area contributed by atoms with E-state index >= 15 is 0 Å². The van der Waals surface area contributed by atoms with E-state index < -0.39 is 47.2 Å². The molecule has 0 aliphatic heterocycles. The Kier molecular flexibility index (Phi) is 12.9. The van der Waals surface area contributed by atoms with Gasteiger partial charge >= 0.3 is 17.9 Å². The maximum Gasteiger partial charge on any atom is 0.335 e. The van der Waals surface area contributed by atoms with E-state index in [1.54, 1.807) is 6.92 Å². The molecule has 31 heavy (non-hydrogen) atoms. The predicted molar refractivity (Wildman–Crippen MR) is 116 cm³/mol. The largest absolute Gasteiger partial charge is 0.469 e. The van der Waals surface area contributed by atoms with Crippen LogP contribution in [-0.2, 0) is 38.1 Å². The smallest absolute Gasteiger partial charge is 0.335 e. The summed E-state index contributed by atoms with van der Waals surface area (Å²) in [6.07, 6.45) is -0.366. The summed E-state index contributed by atoms with van der Waals surface area (Å²) in [4.78, 5) is 37.7. The minimum atomic E-state index is -0.990. The number of esters is 3. The highest BCUT2D eigenvalue weighted by molar-refractivity contribution is 5.79. The predicted octanol–water partition coefficient (Wildman–Crippen LogP) is 3.83. The van der Waals surface area contributed by atoms with Crippen molar-refractivity contribution in [3.05, 3.63) is 0 Å². The Morgan fingerprint density at radius 3 is 1.55 bits per heavy atom. The summed E-state index contributed by atoms with van der Waals surface area (Å²) in [7, 11) is 1.26. The lowest BCUT2D eigenvalue weighted by atomic mass is 9.93. The highest BCUT2D eigenvalue weighted by Crippen LogP contribution is 2.26. The van der Waals surface area contributed by atoms with E-state index in [4.69, 9.17) is 23.7 Å². The summed E-state index contributed by atoms with van der Waals surface area (Å²) in [5, 5.41) is 0. The van der Waals surface area contributed by atoms with E-state index in [2.05, 4.69) is 0 Å². The first kappa shape index (κ1) is 29.3. The Morgan fingerprint density at radius 2 is 1.19 bits per heavy atom. The van der Waals surface area contributed by atoms with Crippen molar-refractivity contribution >= 4 is 17.9 Å². The second-order valence-corrected chi connectivity index (χ2v) is 9.40. The van der Waals surface area contributed by atoms with Gasteiger partial charge in [0.1, 0.15) is 0 Å².